The van der Waals surface area contributed by atoms with Gasteiger partial charge in [0.1, 0.15) is 18.5 Å². The molecule has 1 saturated carbocycles. The third-order valence-corrected chi connectivity index (χ3v) is 3.93. The van der Waals surface area contributed by atoms with Gasteiger partial charge >= 0.3 is 0 Å². The number of hydrogen-bond acceptors (Lipinski definition) is 4. The van der Waals surface area contributed by atoms with Crippen LogP contribution in [0.25, 0.3) is 0 Å². The first-order chi connectivity index (χ1) is 9.66. The maximum atomic E-state index is 9.91. The molecule has 0 aromatic heterocycles. The quantitative estimate of drug-likeness (QED) is 0.751. The highest BCUT2D eigenvalue weighted by Gasteiger charge is 2.23. The largest absolute Gasteiger partial charge is 0.489 e. The minimum atomic E-state index is -0.625. The van der Waals surface area contributed by atoms with E-state index in [1.165, 1.54) is 0 Å². The Kier molecular flexibility index (Phi) is 6.10. The summed E-state index contributed by atoms with van der Waals surface area (Å²) < 4.78 is 5.48. The van der Waals surface area contributed by atoms with Crippen LogP contribution < -0.4 is 10.1 Å². The number of nitrogens with one attached hydrogen (secondary N) is 1. The van der Waals surface area contributed by atoms with Crippen LogP contribution in [0.4, 0.5) is 0 Å². The van der Waals surface area contributed by atoms with Crippen molar-refractivity contribution < 1.29 is 14.9 Å². The maximum absolute atomic E-state index is 9.91. The second-order valence-electron chi connectivity index (χ2n) is 5.26. The van der Waals surface area contributed by atoms with E-state index in [-0.39, 0.29) is 18.8 Å². The third-order valence-electron chi connectivity index (χ3n) is 3.61. The van der Waals surface area contributed by atoms with Crippen molar-refractivity contribution in [1.82, 2.24) is 5.32 Å². The summed E-state index contributed by atoms with van der Waals surface area (Å²) in [6.07, 6.45) is 3.07. The molecule has 1 aromatic carbocycles. The molecule has 5 heteroatoms. The number of aliphatic hydroxyl groups excluding tert-OH is 2. The molecule has 0 heterocycles. The Morgan fingerprint density at radius 2 is 2.05 bits per heavy atom. The van der Waals surface area contributed by atoms with Crippen molar-refractivity contribution in [2.75, 3.05) is 13.2 Å². The van der Waals surface area contributed by atoms with Crippen molar-refractivity contribution in [1.29, 1.82) is 0 Å². The normalized spacial score (nSPS) is 24.4. The predicted molar refractivity (Wildman–Crippen MR) is 79.2 cm³/mol. The zero-order valence-electron chi connectivity index (χ0n) is 11.5. The summed E-state index contributed by atoms with van der Waals surface area (Å²) in [6.45, 7) is 0.589. The van der Waals surface area contributed by atoms with Crippen LogP contribution in [0, 0.1) is 0 Å². The average Bonchev–Trinajstić information content (AvgIpc) is 2.45. The maximum Gasteiger partial charge on any atom is 0.138 e. The second-order valence-corrected chi connectivity index (χ2v) is 5.67. The number of ether oxygens (including phenoxy) is 1. The van der Waals surface area contributed by atoms with Crippen LogP contribution in [0.5, 0.6) is 5.75 Å². The van der Waals surface area contributed by atoms with Crippen LogP contribution in [-0.2, 0) is 0 Å². The van der Waals surface area contributed by atoms with Crippen molar-refractivity contribution in [2.24, 2.45) is 0 Å². The summed E-state index contributed by atoms with van der Waals surface area (Å²) in [6, 6.07) is 7.27. The highest BCUT2D eigenvalue weighted by atomic mass is 35.5. The highest BCUT2D eigenvalue weighted by molar-refractivity contribution is 6.32. The van der Waals surface area contributed by atoms with Crippen LogP contribution in [-0.4, -0.2) is 41.6 Å². The lowest BCUT2D eigenvalue weighted by Gasteiger charge is -2.29. The molecule has 2 rings (SSSR count). The zero-order valence-corrected chi connectivity index (χ0v) is 12.2. The Balaban J connectivity index is 1.70. The van der Waals surface area contributed by atoms with E-state index in [0.29, 0.717) is 17.3 Å². The second kappa shape index (κ2) is 7.84. The standard InChI is InChI=1S/C15H22ClNO3/c16-12-5-1-4-8-15(12)20-10-11(18)9-17-13-6-2-3-7-14(13)19/h1,4-5,8,11,13-14,17-19H,2-3,6-7,9-10H2. The van der Waals surface area contributed by atoms with E-state index < -0.39 is 6.10 Å². The summed E-state index contributed by atoms with van der Waals surface area (Å²) in [5, 5.41) is 23.5. The van der Waals surface area contributed by atoms with Crippen LogP contribution in [0.1, 0.15) is 25.7 Å². The Bertz CT molecular complexity index is 416. The highest BCUT2D eigenvalue weighted by Crippen LogP contribution is 2.23. The van der Waals surface area contributed by atoms with Crippen LogP contribution in [0.2, 0.25) is 5.02 Å². The Labute approximate surface area is 124 Å². The van der Waals surface area contributed by atoms with Gasteiger partial charge in [-0.25, -0.2) is 0 Å². The van der Waals surface area contributed by atoms with E-state index in [9.17, 15) is 10.2 Å². The summed E-state index contributed by atoms with van der Waals surface area (Å²) in [5.41, 5.74) is 0. The van der Waals surface area contributed by atoms with Gasteiger partial charge in [0.15, 0.2) is 0 Å². The van der Waals surface area contributed by atoms with Crippen molar-refractivity contribution in [2.45, 2.75) is 43.9 Å². The summed E-state index contributed by atoms with van der Waals surface area (Å²) in [7, 11) is 0. The molecule has 1 fully saturated rings. The molecular weight excluding hydrogens is 278 g/mol. The Morgan fingerprint density at radius 3 is 2.80 bits per heavy atom. The molecule has 0 saturated heterocycles. The summed E-state index contributed by atoms with van der Waals surface area (Å²) >= 11 is 5.97. The molecule has 3 unspecified atom stereocenters. The molecule has 3 N–H and O–H groups in total. The lowest BCUT2D eigenvalue weighted by molar-refractivity contribution is 0.0673. The van der Waals surface area contributed by atoms with Crippen LogP contribution in [0.15, 0.2) is 24.3 Å². The van der Waals surface area contributed by atoms with Gasteiger partial charge in [-0.15, -0.1) is 0 Å². The minimum absolute atomic E-state index is 0.0821. The lowest BCUT2D eigenvalue weighted by atomic mass is 9.92. The molecule has 1 aliphatic rings. The first-order valence-corrected chi connectivity index (χ1v) is 7.51. The fraction of sp³-hybridized carbons (Fsp3) is 0.600. The van der Waals surface area contributed by atoms with Gasteiger partial charge in [-0.3, -0.25) is 0 Å². The molecule has 1 aliphatic carbocycles. The molecule has 0 bridgehead atoms. The molecule has 0 aliphatic heterocycles. The average molecular weight is 300 g/mol. The monoisotopic (exact) mass is 299 g/mol. The Hall–Kier alpha value is -0.810. The number of aliphatic hydroxyl groups is 2. The van der Waals surface area contributed by atoms with E-state index in [4.69, 9.17) is 16.3 Å². The number of rotatable bonds is 6. The topological polar surface area (TPSA) is 61.7 Å². The summed E-state index contributed by atoms with van der Waals surface area (Å²) in [4.78, 5) is 0. The number of hydrogen-bond donors (Lipinski definition) is 3. The molecule has 4 nitrogen and oxygen atoms in total. The van der Waals surface area contributed by atoms with Crippen molar-refractivity contribution in [3.05, 3.63) is 29.3 Å². The zero-order chi connectivity index (χ0) is 14.4. The fourth-order valence-corrected chi connectivity index (χ4v) is 2.63. The van der Waals surface area contributed by atoms with Gasteiger partial charge in [-0.1, -0.05) is 36.6 Å². The van der Waals surface area contributed by atoms with Crippen LogP contribution in [0.3, 0.4) is 0 Å². The smallest absolute Gasteiger partial charge is 0.138 e. The Morgan fingerprint density at radius 1 is 1.30 bits per heavy atom. The SMILES string of the molecule is OC(CNC1CCCCC1O)COc1ccccc1Cl. The molecular formula is C15H22ClNO3. The molecule has 3 atom stereocenters. The third kappa shape index (κ3) is 4.63. The van der Waals surface area contributed by atoms with Gasteiger partial charge in [-0.05, 0) is 25.0 Å². The molecule has 20 heavy (non-hydrogen) atoms. The van der Waals surface area contributed by atoms with E-state index in [1.807, 2.05) is 12.1 Å². The number of halogens is 1. The van der Waals surface area contributed by atoms with E-state index in [0.717, 1.165) is 25.7 Å². The lowest BCUT2D eigenvalue weighted by Crippen LogP contribution is -2.45. The minimum Gasteiger partial charge on any atom is -0.489 e. The number of benzene rings is 1. The van der Waals surface area contributed by atoms with Crippen LogP contribution >= 0.6 is 11.6 Å². The molecule has 1 aromatic rings. The van der Waals surface area contributed by atoms with Gasteiger partial charge in [0.05, 0.1) is 11.1 Å². The summed E-state index contributed by atoms with van der Waals surface area (Å²) in [5.74, 6) is 0.575. The van der Waals surface area contributed by atoms with Gasteiger partial charge in [0.25, 0.3) is 0 Å². The first kappa shape index (κ1) is 15.6. The van der Waals surface area contributed by atoms with Crippen molar-refractivity contribution in [3.8, 4) is 5.75 Å². The molecule has 0 spiro atoms. The number of para-hydroxylation sites is 1. The molecule has 112 valence electrons. The predicted octanol–water partition coefficient (Wildman–Crippen LogP) is 1.97. The van der Waals surface area contributed by atoms with Gasteiger partial charge in [0, 0.05) is 12.6 Å². The van der Waals surface area contributed by atoms with E-state index in [2.05, 4.69) is 5.32 Å². The molecule has 0 radical (unpaired) electrons. The van der Waals surface area contributed by atoms with E-state index >= 15 is 0 Å². The van der Waals surface area contributed by atoms with Gasteiger partial charge in [0.2, 0.25) is 0 Å². The molecule has 0 amide bonds. The fourth-order valence-electron chi connectivity index (χ4n) is 2.44. The van der Waals surface area contributed by atoms with Crippen molar-refractivity contribution >= 4 is 11.6 Å². The van der Waals surface area contributed by atoms with Gasteiger partial charge in [-0.2, -0.15) is 0 Å². The van der Waals surface area contributed by atoms with Crippen molar-refractivity contribution in [3.63, 3.8) is 0 Å². The van der Waals surface area contributed by atoms with E-state index in [1.54, 1.807) is 12.1 Å². The van der Waals surface area contributed by atoms with Gasteiger partial charge < -0.3 is 20.3 Å². The first-order valence-electron chi connectivity index (χ1n) is 7.13.